The Kier molecular flexibility index (Phi) is 7.40. The number of halogens is 1. The third-order valence-corrected chi connectivity index (χ3v) is 5.21. The van der Waals surface area contributed by atoms with Crippen molar-refractivity contribution in [3.8, 4) is 11.5 Å². The minimum atomic E-state index is -0.0213. The number of hydrogen-bond donors (Lipinski definition) is 0. The predicted octanol–water partition coefficient (Wildman–Crippen LogP) is 5.33. The number of nitrogens with zero attached hydrogens (tertiary/aromatic N) is 2. The number of aliphatic imine (C=N–C) groups is 1. The fourth-order valence-corrected chi connectivity index (χ4v) is 4.36. The third kappa shape index (κ3) is 5.29. The zero-order chi connectivity index (χ0) is 20.3. The molecule has 0 atom stereocenters. The van der Waals surface area contributed by atoms with Gasteiger partial charge in [-0.05, 0) is 93.0 Å². The first kappa shape index (κ1) is 21.8. The van der Waals surface area contributed by atoms with Crippen molar-refractivity contribution in [3.63, 3.8) is 0 Å². The van der Waals surface area contributed by atoms with Crippen LogP contribution in [0.15, 0.2) is 26.5 Å². The highest BCUT2D eigenvalue weighted by Gasteiger charge is 2.35. The number of methoxy groups -OCH3 is 1. The maximum absolute atomic E-state index is 12.9. The van der Waals surface area contributed by atoms with Gasteiger partial charge in [-0.3, -0.25) is 14.7 Å². The van der Waals surface area contributed by atoms with Gasteiger partial charge >= 0.3 is 0 Å². The van der Waals surface area contributed by atoms with Crippen molar-refractivity contribution in [1.82, 2.24) is 4.90 Å². The molecule has 1 amide bonds. The SMILES string of the molecule is COc1cc(/C=C2/SC(=NC(C)C)N(C(C)C)C2=O)cc(Br)c1OC(C)C. The molecule has 0 aliphatic carbocycles. The highest BCUT2D eigenvalue weighted by atomic mass is 79.9. The van der Waals surface area contributed by atoms with Crippen molar-refractivity contribution >= 4 is 44.8 Å². The lowest BCUT2D eigenvalue weighted by atomic mass is 10.1. The number of thioether (sulfide) groups is 1. The van der Waals surface area contributed by atoms with E-state index in [9.17, 15) is 4.79 Å². The summed E-state index contributed by atoms with van der Waals surface area (Å²) < 4.78 is 12.1. The fraction of sp³-hybridized carbons (Fsp3) is 0.500. The molecule has 148 valence electrons. The molecule has 1 fully saturated rings. The van der Waals surface area contributed by atoms with E-state index in [0.717, 1.165) is 15.2 Å². The molecule has 1 aromatic carbocycles. The van der Waals surface area contributed by atoms with E-state index in [1.165, 1.54) is 11.8 Å². The summed E-state index contributed by atoms with van der Waals surface area (Å²) in [5.41, 5.74) is 0.861. The van der Waals surface area contributed by atoms with Crippen molar-refractivity contribution in [2.45, 2.75) is 59.7 Å². The Morgan fingerprint density at radius 3 is 2.37 bits per heavy atom. The lowest BCUT2D eigenvalue weighted by molar-refractivity contribution is -0.123. The van der Waals surface area contributed by atoms with Gasteiger partial charge in [0.2, 0.25) is 0 Å². The third-order valence-electron chi connectivity index (χ3n) is 3.63. The number of amidine groups is 1. The zero-order valence-corrected chi connectivity index (χ0v) is 19.3. The van der Waals surface area contributed by atoms with Crippen LogP contribution in [-0.2, 0) is 4.79 Å². The smallest absolute Gasteiger partial charge is 0.266 e. The summed E-state index contributed by atoms with van der Waals surface area (Å²) >= 11 is 4.96. The van der Waals surface area contributed by atoms with Crippen LogP contribution in [0.3, 0.4) is 0 Å². The molecular weight excluding hydrogens is 428 g/mol. The Hall–Kier alpha value is -1.47. The first-order valence-electron chi connectivity index (χ1n) is 8.99. The number of rotatable bonds is 6. The Bertz CT molecular complexity index is 773. The standard InChI is InChI=1S/C20H27BrN2O3S/c1-11(2)22-20-23(12(3)4)19(24)17(27-20)10-14-8-15(21)18(26-13(5)6)16(9-14)25-7/h8-13H,1-7H3/b17-10+,22-20?. The van der Waals surface area contributed by atoms with Crippen molar-refractivity contribution in [2.75, 3.05) is 7.11 Å². The quantitative estimate of drug-likeness (QED) is 0.544. The van der Waals surface area contributed by atoms with Gasteiger partial charge in [0.25, 0.3) is 5.91 Å². The number of hydrogen-bond acceptors (Lipinski definition) is 5. The van der Waals surface area contributed by atoms with Crippen LogP contribution in [0.1, 0.15) is 47.1 Å². The number of amides is 1. The van der Waals surface area contributed by atoms with Gasteiger partial charge in [0.1, 0.15) is 0 Å². The summed E-state index contributed by atoms with van der Waals surface area (Å²) in [6, 6.07) is 3.98. The van der Waals surface area contributed by atoms with Gasteiger partial charge < -0.3 is 9.47 Å². The molecule has 1 aliphatic heterocycles. The first-order valence-corrected chi connectivity index (χ1v) is 10.6. The van der Waals surface area contributed by atoms with Crippen LogP contribution in [0, 0.1) is 0 Å². The van der Waals surface area contributed by atoms with Crippen LogP contribution >= 0.6 is 27.7 Å². The van der Waals surface area contributed by atoms with E-state index in [1.54, 1.807) is 12.0 Å². The van der Waals surface area contributed by atoms with Crippen LogP contribution < -0.4 is 9.47 Å². The molecule has 1 aliphatic rings. The van der Waals surface area contributed by atoms with Crippen molar-refractivity contribution < 1.29 is 14.3 Å². The van der Waals surface area contributed by atoms with E-state index < -0.39 is 0 Å². The van der Waals surface area contributed by atoms with E-state index >= 15 is 0 Å². The maximum atomic E-state index is 12.9. The first-order chi connectivity index (χ1) is 12.6. The number of carbonyl (C=O) groups is 1. The second kappa shape index (κ2) is 9.15. The summed E-state index contributed by atoms with van der Waals surface area (Å²) in [7, 11) is 1.61. The molecule has 0 spiro atoms. The molecule has 0 unspecified atom stereocenters. The predicted molar refractivity (Wildman–Crippen MR) is 117 cm³/mol. The minimum Gasteiger partial charge on any atom is -0.493 e. The molecule has 5 nitrogen and oxygen atoms in total. The van der Waals surface area contributed by atoms with E-state index in [-0.39, 0.29) is 24.1 Å². The van der Waals surface area contributed by atoms with Crippen molar-refractivity contribution in [2.24, 2.45) is 4.99 Å². The lowest BCUT2D eigenvalue weighted by Gasteiger charge is -2.20. The van der Waals surface area contributed by atoms with Crippen LogP contribution in [0.5, 0.6) is 11.5 Å². The summed E-state index contributed by atoms with van der Waals surface area (Å²) in [5, 5.41) is 0.752. The normalized spacial score (nSPS) is 17.9. The minimum absolute atomic E-state index is 0.0213. The molecule has 0 aromatic heterocycles. The van der Waals surface area contributed by atoms with Crippen LogP contribution in [0.25, 0.3) is 6.08 Å². The summed E-state index contributed by atoms with van der Waals surface area (Å²) in [4.78, 5) is 19.9. The second-order valence-corrected chi connectivity index (χ2v) is 8.95. The Balaban J connectivity index is 2.43. The molecule has 0 bridgehead atoms. The second-order valence-electron chi connectivity index (χ2n) is 7.09. The van der Waals surface area contributed by atoms with Gasteiger partial charge in [0, 0.05) is 12.1 Å². The van der Waals surface area contributed by atoms with Gasteiger partial charge in [-0.1, -0.05) is 0 Å². The molecular formula is C20H27BrN2O3S. The summed E-state index contributed by atoms with van der Waals surface area (Å²) in [6.45, 7) is 11.9. The van der Waals surface area contributed by atoms with Gasteiger partial charge in [0.05, 0.1) is 22.6 Å². The monoisotopic (exact) mass is 454 g/mol. The maximum Gasteiger partial charge on any atom is 0.266 e. The Morgan fingerprint density at radius 1 is 1.19 bits per heavy atom. The number of carbonyl (C=O) groups excluding carboxylic acids is 1. The molecule has 0 radical (unpaired) electrons. The topological polar surface area (TPSA) is 51.1 Å². The Labute approximate surface area is 174 Å². The lowest BCUT2D eigenvalue weighted by Crippen LogP contribution is -2.35. The highest BCUT2D eigenvalue weighted by Crippen LogP contribution is 2.40. The van der Waals surface area contributed by atoms with Gasteiger partial charge in [-0.25, -0.2) is 0 Å². The number of benzene rings is 1. The van der Waals surface area contributed by atoms with E-state index in [0.29, 0.717) is 16.4 Å². The highest BCUT2D eigenvalue weighted by molar-refractivity contribution is 9.10. The molecule has 1 heterocycles. The van der Waals surface area contributed by atoms with E-state index in [2.05, 4.69) is 20.9 Å². The van der Waals surface area contributed by atoms with Crippen LogP contribution in [0.4, 0.5) is 0 Å². The zero-order valence-electron chi connectivity index (χ0n) is 16.9. The van der Waals surface area contributed by atoms with Gasteiger partial charge in [-0.15, -0.1) is 0 Å². The Morgan fingerprint density at radius 2 is 1.85 bits per heavy atom. The molecule has 1 aromatic rings. The van der Waals surface area contributed by atoms with Crippen LogP contribution in [0.2, 0.25) is 0 Å². The average Bonchev–Trinajstić information content (AvgIpc) is 2.84. The molecule has 0 N–H and O–H groups in total. The molecule has 1 saturated heterocycles. The molecule has 0 saturated carbocycles. The summed E-state index contributed by atoms with van der Waals surface area (Å²) in [6.07, 6.45) is 1.90. The van der Waals surface area contributed by atoms with Crippen molar-refractivity contribution in [1.29, 1.82) is 0 Å². The largest absolute Gasteiger partial charge is 0.493 e. The number of ether oxygens (including phenoxy) is 2. The van der Waals surface area contributed by atoms with Gasteiger partial charge in [0.15, 0.2) is 16.7 Å². The van der Waals surface area contributed by atoms with Gasteiger partial charge in [-0.2, -0.15) is 0 Å². The van der Waals surface area contributed by atoms with E-state index in [1.807, 2.05) is 59.8 Å². The molecule has 2 rings (SSSR count). The fourth-order valence-electron chi connectivity index (χ4n) is 2.58. The molecule has 7 heteroatoms. The average molecular weight is 455 g/mol. The van der Waals surface area contributed by atoms with Crippen LogP contribution in [-0.4, -0.2) is 41.3 Å². The molecule has 27 heavy (non-hydrogen) atoms. The summed E-state index contributed by atoms with van der Waals surface area (Å²) in [5.74, 6) is 1.26. The van der Waals surface area contributed by atoms with Crippen molar-refractivity contribution in [3.05, 3.63) is 27.1 Å². The van der Waals surface area contributed by atoms with E-state index in [4.69, 9.17) is 9.47 Å².